The number of aliphatic hydroxyl groups is 3. The molecule has 3 nitrogen and oxygen atoms in total. The van der Waals surface area contributed by atoms with Crippen LogP contribution >= 0.6 is 0 Å². The fraction of sp³-hybridized carbons (Fsp3) is 0.692. The SMILES string of the molecule is C=C1C(O)CC(=C/C=C2\CCCC3(C)C2CC[C@@H]3[C@H](C)/C=C/CC(C)O)C[C@H]1O. The van der Waals surface area contributed by atoms with Gasteiger partial charge in [0.2, 0.25) is 0 Å². The molecule has 3 aliphatic rings. The maximum atomic E-state index is 10.1. The Morgan fingerprint density at radius 2 is 1.83 bits per heavy atom. The summed E-state index contributed by atoms with van der Waals surface area (Å²) in [5.74, 6) is 1.87. The van der Waals surface area contributed by atoms with E-state index < -0.39 is 12.2 Å². The van der Waals surface area contributed by atoms with Crippen LogP contribution in [0.5, 0.6) is 0 Å². The molecule has 0 aliphatic heterocycles. The van der Waals surface area contributed by atoms with E-state index in [0.717, 1.165) is 12.0 Å². The molecule has 3 N–H and O–H groups in total. The molecule has 0 aromatic carbocycles. The number of hydrogen-bond acceptors (Lipinski definition) is 3. The summed E-state index contributed by atoms with van der Waals surface area (Å²) in [4.78, 5) is 0. The van der Waals surface area contributed by atoms with Crippen LogP contribution in [-0.2, 0) is 0 Å². The molecule has 162 valence electrons. The Morgan fingerprint density at radius 1 is 1.14 bits per heavy atom. The highest BCUT2D eigenvalue weighted by Crippen LogP contribution is 2.59. The molecule has 0 spiro atoms. The normalized spacial score (nSPS) is 40.6. The highest BCUT2D eigenvalue weighted by atomic mass is 16.3. The van der Waals surface area contributed by atoms with Crippen molar-refractivity contribution < 1.29 is 15.3 Å². The van der Waals surface area contributed by atoms with Crippen LogP contribution in [0.2, 0.25) is 0 Å². The van der Waals surface area contributed by atoms with E-state index in [9.17, 15) is 15.3 Å². The maximum absolute atomic E-state index is 10.1. The summed E-state index contributed by atoms with van der Waals surface area (Å²) in [5, 5.41) is 29.7. The zero-order valence-electron chi connectivity index (χ0n) is 18.5. The van der Waals surface area contributed by atoms with Gasteiger partial charge in [0.05, 0.1) is 18.3 Å². The second-order valence-electron chi connectivity index (χ2n) is 10.0. The van der Waals surface area contributed by atoms with Crippen LogP contribution in [0.1, 0.15) is 72.1 Å². The summed E-state index contributed by atoms with van der Waals surface area (Å²) in [6.45, 7) is 10.5. The summed E-state index contributed by atoms with van der Waals surface area (Å²) in [5.41, 5.74) is 3.58. The fourth-order valence-electron chi connectivity index (χ4n) is 6.19. The molecule has 0 bridgehead atoms. The highest BCUT2D eigenvalue weighted by Gasteiger charge is 2.50. The van der Waals surface area contributed by atoms with E-state index in [-0.39, 0.29) is 6.10 Å². The molecule has 0 radical (unpaired) electrons. The molecule has 0 saturated heterocycles. The zero-order valence-corrected chi connectivity index (χ0v) is 18.5. The van der Waals surface area contributed by atoms with Crippen LogP contribution in [-0.4, -0.2) is 33.6 Å². The van der Waals surface area contributed by atoms with Gasteiger partial charge in [-0.05, 0) is 87.0 Å². The van der Waals surface area contributed by atoms with Crippen molar-refractivity contribution in [1.29, 1.82) is 0 Å². The summed E-state index contributed by atoms with van der Waals surface area (Å²) < 4.78 is 0. The van der Waals surface area contributed by atoms with E-state index in [1.165, 1.54) is 32.1 Å². The third-order valence-corrected chi connectivity index (χ3v) is 7.89. The lowest BCUT2D eigenvalue weighted by molar-refractivity contribution is 0.112. The third-order valence-electron chi connectivity index (χ3n) is 7.89. The van der Waals surface area contributed by atoms with Gasteiger partial charge >= 0.3 is 0 Å². The van der Waals surface area contributed by atoms with Gasteiger partial charge in [-0.1, -0.05) is 55.9 Å². The number of aliphatic hydroxyl groups excluding tert-OH is 3. The Bertz CT molecular complexity index is 670. The van der Waals surface area contributed by atoms with E-state index in [4.69, 9.17) is 0 Å². The Kier molecular flexibility index (Phi) is 7.24. The standard InChI is InChI=1S/C26H40O3/c1-17(7-5-8-18(2)27)22-12-13-23-21(9-6-14-26(22,23)4)11-10-20-15-24(28)19(3)25(29)16-20/h5,7,10-11,17-18,22-25,27-29H,3,6,8-9,12-16H2,1-2,4H3/b7-5+,20-10?,21-11+/t17-,18?,22-,23?,24-,25?,26?/m1/s1. The van der Waals surface area contributed by atoms with Crippen LogP contribution in [0.3, 0.4) is 0 Å². The van der Waals surface area contributed by atoms with Crippen LogP contribution in [0.4, 0.5) is 0 Å². The van der Waals surface area contributed by atoms with Gasteiger partial charge in [-0.3, -0.25) is 0 Å². The van der Waals surface area contributed by atoms with Crippen molar-refractivity contribution in [2.24, 2.45) is 23.2 Å². The summed E-state index contributed by atoms with van der Waals surface area (Å²) >= 11 is 0. The summed E-state index contributed by atoms with van der Waals surface area (Å²) in [6, 6.07) is 0. The van der Waals surface area contributed by atoms with E-state index >= 15 is 0 Å². The van der Waals surface area contributed by atoms with Gasteiger partial charge in [0.1, 0.15) is 0 Å². The first-order chi connectivity index (χ1) is 13.7. The topological polar surface area (TPSA) is 60.7 Å². The Hall–Kier alpha value is -1.16. The Morgan fingerprint density at radius 3 is 2.48 bits per heavy atom. The quantitative estimate of drug-likeness (QED) is 0.563. The van der Waals surface area contributed by atoms with Gasteiger partial charge in [0, 0.05) is 0 Å². The van der Waals surface area contributed by atoms with Crippen molar-refractivity contribution in [1.82, 2.24) is 0 Å². The molecule has 0 heterocycles. The molecule has 29 heavy (non-hydrogen) atoms. The maximum Gasteiger partial charge on any atom is 0.0809 e. The molecule has 3 saturated carbocycles. The average Bonchev–Trinajstić information content (AvgIpc) is 3.01. The van der Waals surface area contributed by atoms with Crippen LogP contribution in [0.25, 0.3) is 0 Å². The first-order valence-electron chi connectivity index (χ1n) is 11.5. The molecule has 0 aromatic rings. The molecule has 3 fully saturated rings. The second kappa shape index (κ2) is 9.32. The molecular weight excluding hydrogens is 360 g/mol. The first kappa shape index (κ1) is 22.5. The Labute approximate surface area is 176 Å². The lowest BCUT2D eigenvalue weighted by Crippen LogP contribution is -2.35. The van der Waals surface area contributed by atoms with Crippen LogP contribution in [0, 0.1) is 23.2 Å². The van der Waals surface area contributed by atoms with Gasteiger partial charge < -0.3 is 15.3 Å². The minimum Gasteiger partial charge on any atom is -0.393 e. The van der Waals surface area contributed by atoms with Crippen LogP contribution in [0.15, 0.2) is 47.6 Å². The van der Waals surface area contributed by atoms with Gasteiger partial charge in [0.25, 0.3) is 0 Å². The van der Waals surface area contributed by atoms with Crippen molar-refractivity contribution in [3.63, 3.8) is 0 Å². The van der Waals surface area contributed by atoms with E-state index in [1.807, 2.05) is 6.92 Å². The van der Waals surface area contributed by atoms with Crippen molar-refractivity contribution in [3.05, 3.63) is 47.6 Å². The van der Waals surface area contributed by atoms with Crippen LogP contribution < -0.4 is 0 Å². The predicted octanol–water partition coefficient (Wildman–Crippen LogP) is 5.09. The molecule has 7 atom stereocenters. The monoisotopic (exact) mass is 400 g/mol. The zero-order chi connectivity index (χ0) is 21.2. The van der Waals surface area contributed by atoms with Gasteiger partial charge in [-0.2, -0.15) is 0 Å². The van der Waals surface area contributed by atoms with E-state index in [1.54, 1.807) is 5.57 Å². The van der Waals surface area contributed by atoms with Gasteiger partial charge in [-0.15, -0.1) is 0 Å². The van der Waals surface area contributed by atoms with Crippen molar-refractivity contribution in [2.45, 2.75) is 90.4 Å². The van der Waals surface area contributed by atoms with Crippen molar-refractivity contribution in [2.75, 3.05) is 0 Å². The lowest BCUT2D eigenvalue weighted by atomic mass is 9.61. The molecule has 3 aliphatic carbocycles. The number of rotatable bonds is 5. The number of hydrogen-bond donors (Lipinski definition) is 3. The predicted molar refractivity (Wildman–Crippen MR) is 119 cm³/mol. The third kappa shape index (κ3) is 4.95. The first-order valence-corrected chi connectivity index (χ1v) is 11.5. The Balaban J connectivity index is 1.72. The second-order valence-corrected chi connectivity index (χ2v) is 10.0. The van der Waals surface area contributed by atoms with E-state index in [0.29, 0.717) is 41.6 Å². The van der Waals surface area contributed by atoms with Crippen molar-refractivity contribution in [3.8, 4) is 0 Å². The minimum absolute atomic E-state index is 0.267. The average molecular weight is 401 g/mol. The molecule has 3 heteroatoms. The molecule has 0 amide bonds. The largest absolute Gasteiger partial charge is 0.393 e. The molecule has 4 unspecified atom stereocenters. The van der Waals surface area contributed by atoms with Crippen molar-refractivity contribution >= 4 is 0 Å². The summed E-state index contributed by atoms with van der Waals surface area (Å²) in [6.07, 6.45) is 15.6. The van der Waals surface area contributed by atoms with Gasteiger partial charge in [0.15, 0.2) is 0 Å². The highest BCUT2D eigenvalue weighted by molar-refractivity contribution is 5.29. The van der Waals surface area contributed by atoms with Gasteiger partial charge in [-0.25, -0.2) is 0 Å². The lowest BCUT2D eigenvalue weighted by Gasteiger charge is -2.44. The smallest absolute Gasteiger partial charge is 0.0809 e. The molecule has 0 aromatic heterocycles. The summed E-state index contributed by atoms with van der Waals surface area (Å²) in [7, 11) is 0. The molecular formula is C26H40O3. The van der Waals surface area contributed by atoms with E-state index in [2.05, 4.69) is 44.7 Å². The molecule has 3 rings (SSSR count). The minimum atomic E-state index is -0.620. The number of allylic oxidation sites excluding steroid dienone is 4. The fourth-order valence-corrected chi connectivity index (χ4v) is 6.19. The number of fused-ring (bicyclic) bond motifs is 1.